The van der Waals surface area contributed by atoms with E-state index in [4.69, 9.17) is 54.5 Å². The summed E-state index contributed by atoms with van der Waals surface area (Å²) in [7, 11) is -3.95. The van der Waals surface area contributed by atoms with Gasteiger partial charge in [0, 0.05) is 44.6 Å². The Morgan fingerprint density at radius 3 is 0.642 bits per heavy atom. The number of hydrogen-bond donors (Lipinski definition) is 4. The monoisotopic (exact) mass is 1760 g/mol. The fourth-order valence-electron chi connectivity index (χ4n) is 15.8. The highest BCUT2D eigenvalue weighted by Crippen LogP contribution is 2.36. The van der Waals surface area contributed by atoms with E-state index < -0.39 is 112 Å². The summed E-state index contributed by atoms with van der Waals surface area (Å²) in [6, 6.07) is 0. The van der Waals surface area contributed by atoms with Gasteiger partial charge in [0.25, 0.3) is 0 Å². The summed E-state index contributed by atoms with van der Waals surface area (Å²) >= 11 is 0. The highest BCUT2D eigenvalue weighted by atomic mass is 31.2. The van der Waals surface area contributed by atoms with Crippen molar-refractivity contribution >= 4 is 49.4 Å². The molecule has 123 heavy (non-hydrogen) atoms. The lowest BCUT2D eigenvalue weighted by molar-refractivity contribution is -0.181. The molecule has 0 aromatic carbocycles. The van der Waals surface area contributed by atoms with Gasteiger partial charge in [-0.3, -0.25) is 38.1 Å². The van der Waals surface area contributed by atoms with E-state index in [1.807, 2.05) is 0 Å². The number of ether oxygens (including phenoxy) is 7. The molecule has 20 nitrogen and oxygen atoms in total. The summed E-state index contributed by atoms with van der Waals surface area (Å²) in [6.07, 6.45) is 81.7. The second kappa shape index (κ2) is 84.6. The molecule has 0 saturated heterocycles. The second-order valence-electron chi connectivity index (χ2n) is 37.7. The zero-order valence-electron chi connectivity index (χ0n) is 80.8. The third-order valence-corrected chi connectivity index (χ3v) is 25.4. The Kier molecular flexibility index (Phi) is 81.6. The Hall–Kier alpha value is -4.26. The summed E-state index contributed by atoms with van der Waals surface area (Å²) in [5.41, 5.74) is 1.10. The lowest BCUT2D eigenvalue weighted by Crippen LogP contribution is -2.47. The predicted molar refractivity (Wildman–Crippen MR) is 505 cm³/mol. The highest BCUT2D eigenvalue weighted by molar-refractivity contribution is 7.51. The fourth-order valence-corrected chi connectivity index (χ4v) is 16.4. The minimum absolute atomic E-state index is 0.0659. The summed E-state index contributed by atoms with van der Waals surface area (Å²) in [5.74, 6) is 1.45. The van der Waals surface area contributed by atoms with Crippen LogP contribution in [0.15, 0.2) is 11.9 Å². The van der Waals surface area contributed by atoms with Crippen molar-refractivity contribution in [1.82, 2.24) is 5.01 Å². The van der Waals surface area contributed by atoms with Gasteiger partial charge < -0.3 is 53.7 Å². The second-order valence-corrected chi connectivity index (χ2v) is 39.5. The standard InChI is InChI=1S/C102H194N3O17P/c1-8-12-16-20-24-28-32-36-40-44-48-54-60-66-72-78-93(106)117-86-100(5,87-118-94(107)79-73-67-61-55-49-45-41-37-33-29-25-21-17-13-9-2)98(111)121-90-102(7,97(110)116-85-92(103)84-105(104)82-76-70-64-58-52-53-59-65-71-77-83-123(113,114)115)91-122-99(112)101(6,88-119-95(108)80-74-68-62-56-50-46-42-38-34-30-26-22-18-14-10-3)89-120-96(109)81-75-69-63-57-51-47-43-39-35-31-27-23-19-15-11-4/h84H,8-83,85-91,103-104H2,1-7H3,(H2,113,114,115)/b92-84-. The van der Waals surface area contributed by atoms with Crippen molar-refractivity contribution in [3.05, 3.63) is 11.9 Å². The molecule has 0 amide bonds. The molecule has 0 heterocycles. The molecule has 0 fully saturated rings. The van der Waals surface area contributed by atoms with Gasteiger partial charge in [0.1, 0.15) is 62.5 Å². The third kappa shape index (κ3) is 77.4. The Balaban J connectivity index is 6.70. The van der Waals surface area contributed by atoms with Crippen LogP contribution in [-0.2, 0) is 71.3 Å². The van der Waals surface area contributed by atoms with Crippen LogP contribution in [0.5, 0.6) is 0 Å². The van der Waals surface area contributed by atoms with Crippen LogP contribution in [0.1, 0.15) is 524 Å². The highest BCUT2D eigenvalue weighted by Gasteiger charge is 2.46. The van der Waals surface area contributed by atoms with Crippen molar-refractivity contribution in [3.8, 4) is 0 Å². The number of carbonyl (C=O) groups is 7. The van der Waals surface area contributed by atoms with Crippen molar-refractivity contribution in [1.29, 1.82) is 0 Å². The number of esters is 7. The largest absolute Gasteiger partial charge is 0.464 e. The van der Waals surface area contributed by atoms with Crippen LogP contribution in [0.4, 0.5) is 0 Å². The number of rotatable bonds is 95. The van der Waals surface area contributed by atoms with E-state index in [-0.39, 0.29) is 37.5 Å². The van der Waals surface area contributed by atoms with E-state index in [0.29, 0.717) is 38.6 Å². The van der Waals surface area contributed by atoms with E-state index in [2.05, 4.69) is 27.7 Å². The lowest BCUT2D eigenvalue weighted by atomic mass is 9.90. The third-order valence-electron chi connectivity index (χ3n) is 24.5. The molecule has 724 valence electrons. The van der Waals surface area contributed by atoms with Crippen molar-refractivity contribution in [2.45, 2.75) is 524 Å². The average molecular weight is 1770 g/mol. The predicted octanol–water partition coefficient (Wildman–Crippen LogP) is 27.9. The van der Waals surface area contributed by atoms with E-state index in [1.54, 1.807) is 0 Å². The molecule has 0 unspecified atom stereocenters. The molecular formula is C102H194N3O17P. The Labute approximate surface area is 753 Å². The molecule has 0 saturated carbocycles. The summed E-state index contributed by atoms with van der Waals surface area (Å²) in [4.78, 5) is 117. The Bertz CT molecular complexity index is 2360. The average Bonchev–Trinajstić information content (AvgIpc) is 0.821. The SMILES string of the molecule is CCCCCCCCCCCCCCCCCC(=O)OCC(C)(COC(=O)CCCCCCCCCCCCCCCCC)C(=O)OCC(C)(COC(=O)C(C)(COC(=O)CCCCCCCCCCCCCCCCC)COC(=O)CCCCCCCCCCCCCCCCC)C(=O)OC/C(N)=C/N(N)CCCCCCCCCCCCP(=O)(O)O. The summed E-state index contributed by atoms with van der Waals surface area (Å²) in [6.45, 7) is 9.92. The van der Waals surface area contributed by atoms with E-state index >= 15 is 0 Å². The minimum atomic E-state index is -3.95. The van der Waals surface area contributed by atoms with Gasteiger partial charge in [-0.05, 0) is 59.3 Å². The smallest absolute Gasteiger partial charge is 0.325 e. The van der Waals surface area contributed by atoms with Gasteiger partial charge in [-0.25, -0.2) is 5.84 Å². The molecule has 0 rings (SSSR count). The van der Waals surface area contributed by atoms with Crippen LogP contribution < -0.4 is 11.6 Å². The molecule has 0 aromatic heterocycles. The first-order valence-corrected chi connectivity index (χ1v) is 53.5. The maximum absolute atomic E-state index is 14.8. The zero-order valence-corrected chi connectivity index (χ0v) is 81.7. The van der Waals surface area contributed by atoms with Gasteiger partial charge in [0.05, 0.1) is 5.70 Å². The van der Waals surface area contributed by atoms with Crippen molar-refractivity contribution < 1.29 is 81.1 Å². The van der Waals surface area contributed by atoms with Crippen molar-refractivity contribution in [2.75, 3.05) is 59.0 Å². The van der Waals surface area contributed by atoms with Gasteiger partial charge in [-0.2, -0.15) is 0 Å². The number of hydrazine groups is 1. The summed E-state index contributed by atoms with van der Waals surface area (Å²) in [5, 5.41) is 1.42. The van der Waals surface area contributed by atoms with E-state index in [1.165, 1.54) is 289 Å². The maximum atomic E-state index is 14.8. The van der Waals surface area contributed by atoms with Crippen LogP contribution in [-0.4, -0.2) is 116 Å². The molecule has 0 aliphatic rings. The van der Waals surface area contributed by atoms with Crippen molar-refractivity contribution in [2.24, 2.45) is 27.8 Å². The van der Waals surface area contributed by atoms with Crippen LogP contribution in [0, 0.1) is 16.2 Å². The maximum Gasteiger partial charge on any atom is 0.325 e. The molecule has 0 aliphatic heterocycles. The Morgan fingerprint density at radius 2 is 0.439 bits per heavy atom. The van der Waals surface area contributed by atoms with Crippen LogP contribution in [0.2, 0.25) is 0 Å². The lowest BCUT2D eigenvalue weighted by Gasteiger charge is -2.32. The Morgan fingerprint density at radius 1 is 0.268 bits per heavy atom. The normalized spacial score (nSPS) is 12.1. The number of carbonyl (C=O) groups excluding carboxylic acids is 7. The molecule has 0 spiro atoms. The number of hydrogen-bond acceptors (Lipinski definition) is 18. The molecule has 0 aromatic rings. The number of nitrogens with zero attached hydrogens (tertiary/aromatic N) is 1. The first kappa shape index (κ1) is 119. The van der Waals surface area contributed by atoms with E-state index in [9.17, 15) is 38.1 Å². The van der Waals surface area contributed by atoms with Gasteiger partial charge in [-0.15, -0.1) is 0 Å². The number of unbranched alkanes of at least 4 members (excludes halogenated alkanes) is 65. The van der Waals surface area contributed by atoms with Crippen LogP contribution in [0.3, 0.4) is 0 Å². The van der Waals surface area contributed by atoms with Gasteiger partial charge in [-0.1, -0.05) is 439 Å². The molecular weight excluding hydrogens is 1570 g/mol. The summed E-state index contributed by atoms with van der Waals surface area (Å²) < 4.78 is 52.5. The molecule has 0 atom stereocenters. The van der Waals surface area contributed by atoms with Gasteiger partial charge in [0.2, 0.25) is 0 Å². The molecule has 6 N–H and O–H groups in total. The molecule has 0 bridgehead atoms. The van der Waals surface area contributed by atoms with Gasteiger partial charge >= 0.3 is 49.4 Å². The van der Waals surface area contributed by atoms with E-state index in [0.717, 1.165) is 161 Å². The molecule has 0 aliphatic carbocycles. The van der Waals surface area contributed by atoms with Crippen molar-refractivity contribution in [3.63, 3.8) is 0 Å². The van der Waals surface area contributed by atoms with Crippen LogP contribution >= 0.6 is 7.60 Å². The van der Waals surface area contributed by atoms with Gasteiger partial charge in [0.15, 0.2) is 0 Å². The first-order valence-electron chi connectivity index (χ1n) is 51.7. The zero-order chi connectivity index (χ0) is 90.5. The minimum Gasteiger partial charge on any atom is -0.464 e. The number of nitrogens with two attached hydrogens (primary N) is 2. The first-order chi connectivity index (χ1) is 59.5. The molecule has 0 radical (unpaired) electrons. The quantitative estimate of drug-likeness (QED) is 0.0110. The van der Waals surface area contributed by atoms with Crippen LogP contribution in [0.25, 0.3) is 0 Å². The topological polar surface area (TPSA) is 297 Å². The fraction of sp³-hybridized carbons (Fsp3) is 0.912. The molecule has 21 heteroatoms.